The molecule has 0 aliphatic carbocycles. The van der Waals surface area contributed by atoms with E-state index in [1.165, 1.54) is 28.6 Å². The Hall–Kier alpha value is -2.44. The van der Waals surface area contributed by atoms with Crippen LogP contribution >= 0.6 is 0 Å². The molecule has 0 saturated carbocycles. The number of benzene rings is 1. The fraction of sp³-hybridized carbons (Fsp3) is 0.591. The van der Waals surface area contributed by atoms with Crippen LogP contribution in [0.4, 0.5) is 0 Å². The van der Waals surface area contributed by atoms with E-state index in [2.05, 4.69) is 5.32 Å². The molecule has 0 aromatic heterocycles. The third-order valence-corrected chi connectivity index (χ3v) is 7.93. The molecule has 1 N–H and O–H groups in total. The van der Waals surface area contributed by atoms with Crippen molar-refractivity contribution in [1.29, 1.82) is 5.26 Å². The van der Waals surface area contributed by atoms with Gasteiger partial charge in [0, 0.05) is 45.1 Å². The Balaban J connectivity index is 1.42. The average Bonchev–Trinajstić information content (AvgIpc) is 3.00. The van der Waals surface area contributed by atoms with Gasteiger partial charge in [-0.15, -0.1) is 0 Å². The zero-order valence-electron chi connectivity index (χ0n) is 17.8. The summed E-state index contributed by atoms with van der Waals surface area (Å²) in [4.78, 5) is 26.5. The number of rotatable bonds is 7. The van der Waals surface area contributed by atoms with E-state index in [0.29, 0.717) is 51.0 Å². The van der Waals surface area contributed by atoms with Gasteiger partial charge in [-0.25, -0.2) is 8.42 Å². The number of nitrogens with zero attached hydrogens (tertiary/aromatic N) is 3. The number of sulfonamides is 1. The number of carbonyl (C=O) groups excluding carboxylic acids is 2. The van der Waals surface area contributed by atoms with Gasteiger partial charge in [0.25, 0.3) is 0 Å². The maximum absolute atomic E-state index is 12.8. The highest BCUT2D eigenvalue weighted by molar-refractivity contribution is 7.89. The van der Waals surface area contributed by atoms with E-state index in [0.717, 1.165) is 32.2 Å². The standard InChI is InChI=1S/C22H30N4O4S/c23-17-18-6-8-20(9-7-18)31(29,30)26-15-10-19(11-16-26)22(28)24-12-4-14-25-13-3-1-2-5-21(25)27/h6-9,19H,1-5,10-16H2,(H,24,28). The molecular weight excluding hydrogens is 416 g/mol. The van der Waals surface area contributed by atoms with Crippen molar-refractivity contribution in [2.24, 2.45) is 5.92 Å². The first-order valence-corrected chi connectivity index (χ1v) is 12.4. The minimum atomic E-state index is -3.62. The second kappa shape index (κ2) is 10.7. The van der Waals surface area contributed by atoms with Crippen LogP contribution in [0.1, 0.15) is 50.5 Å². The number of nitriles is 1. The number of piperidine rings is 1. The number of nitrogens with one attached hydrogen (secondary N) is 1. The van der Waals surface area contributed by atoms with Crippen molar-refractivity contribution in [3.63, 3.8) is 0 Å². The lowest BCUT2D eigenvalue weighted by atomic mass is 9.97. The third kappa shape index (κ3) is 6.05. The lowest BCUT2D eigenvalue weighted by molar-refractivity contribution is -0.130. The molecular formula is C22H30N4O4S. The van der Waals surface area contributed by atoms with E-state index >= 15 is 0 Å². The minimum absolute atomic E-state index is 0.0439. The Labute approximate surface area is 184 Å². The fourth-order valence-electron chi connectivity index (χ4n) is 4.11. The predicted octanol–water partition coefficient (Wildman–Crippen LogP) is 1.87. The molecule has 0 atom stereocenters. The number of hydrogen-bond donors (Lipinski definition) is 1. The molecule has 0 bridgehead atoms. The van der Waals surface area contributed by atoms with Gasteiger partial charge in [-0.3, -0.25) is 9.59 Å². The van der Waals surface area contributed by atoms with Crippen LogP contribution in [0.2, 0.25) is 0 Å². The molecule has 2 aliphatic heterocycles. The first-order chi connectivity index (χ1) is 14.9. The minimum Gasteiger partial charge on any atom is -0.356 e. The lowest BCUT2D eigenvalue weighted by Crippen LogP contribution is -2.43. The molecule has 31 heavy (non-hydrogen) atoms. The highest BCUT2D eigenvalue weighted by Gasteiger charge is 2.32. The van der Waals surface area contributed by atoms with Crippen molar-refractivity contribution in [3.8, 4) is 6.07 Å². The van der Waals surface area contributed by atoms with Crippen molar-refractivity contribution in [3.05, 3.63) is 29.8 Å². The van der Waals surface area contributed by atoms with E-state index in [4.69, 9.17) is 5.26 Å². The quantitative estimate of drug-likeness (QED) is 0.643. The first-order valence-electron chi connectivity index (χ1n) is 11.0. The van der Waals surface area contributed by atoms with Crippen LogP contribution in [0.25, 0.3) is 0 Å². The van der Waals surface area contributed by atoms with Gasteiger partial charge >= 0.3 is 0 Å². The smallest absolute Gasteiger partial charge is 0.243 e. The van der Waals surface area contributed by atoms with Crippen LogP contribution in [0.3, 0.4) is 0 Å². The van der Waals surface area contributed by atoms with Gasteiger partial charge in [-0.1, -0.05) is 6.42 Å². The molecule has 1 aromatic carbocycles. The number of carbonyl (C=O) groups is 2. The average molecular weight is 447 g/mol. The Kier molecular flexibility index (Phi) is 8.04. The Bertz CT molecular complexity index is 916. The van der Waals surface area contributed by atoms with Crippen LogP contribution in [0, 0.1) is 17.2 Å². The number of likely N-dealkylation sites (tertiary alicyclic amines) is 1. The Morgan fingerprint density at radius 2 is 1.81 bits per heavy atom. The molecule has 8 nitrogen and oxygen atoms in total. The van der Waals surface area contributed by atoms with Crippen LogP contribution in [-0.2, 0) is 19.6 Å². The second-order valence-corrected chi connectivity index (χ2v) is 10.1. The SMILES string of the molecule is N#Cc1ccc(S(=O)(=O)N2CCC(C(=O)NCCCN3CCCCCC3=O)CC2)cc1. The van der Waals surface area contributed by atoms with Gasteiger partial charge in [0.1, 0.15) is 0 Å². The summed E-state index contributed by atoms with van der Waals surface area (Å²) in [6.07, 6.45) is 5.41. The third-order valence-electron chi connectivity index (χ3n) is 6.02. The second-order valence-electron chi connectivity index (χ2n) is 8.15. The summed E-state index contributed by atoms with van der Waals surface area (Å²) in [5.74, 6) is -0.0375. The highest BCUT2D eigenvalue weighted by Crippen LogP contribution is 2.24. The van der Waals surface area contributed by atoms with E-state index in [9.17, 15) is 18.0 Å². The summed E-state index contributed by atoms with van der Waals surface area (Å²) >= 11 is 0. The summed E-state index contributed by atoms with van der Waals surface area (Å²) in [5, 5.41) is 11.8. The van der Waals surface area contributed by atoms with Gasteiger partial charge in [-0.2, -0.15) is 9.57 Å². The summed E-state index contributed by atoms with van der Waals surface area (Å²) in [7, 11) is -3.62. The van der Waals surface area contributed by atoms with Crippen molar-refractivity contribution in [1.82, 2.24) is 14.5 Å². The molecule has 168 valence electrons. The van der Waals surface area contributed by atoms with Crippen LogP contribution in [0.5, 0.6) is 0 Å². The molecule has 9 heteroatoms. The van der Waals surface area contributed by atoms with E-state index in [-0.39, 0.29) is 22.6 Å². The summed E-state index contributed by atoms with van der Waals surface area (Å²) in [5.41, 5.74) is 0.412. The van der Waals surface area contributed by atoms with Crippen molar-refractivity contribution < 1.29 is 18.0 Å². The monoisotopic (exact) mass is 446 g/mol. The van der Waals surface area contributed by atoms with Gasteiger partial charge in [0.05, 0.1) is 16.5 Å². The summed E-state index contributed by atoms with van der Waals surface area (Å²) in [6.45, 7) is 2.58. The molecule has 2 amide bonds. The zero-order chi connectivity index (χ0) is 22.3. The molecule has 2 saturated heterocycles. The molecule has 2 heterocycles. The lowest BCUT2D eigenvalue weighted by Gasteiger charge is -2.30. The Morgan fingerprint density at radius 3 is 2.48 bits per heavy atom. The summed E-state index contributed by atoms with van der Waals surface area (Å²) < 4.78 is 27.0. The van der Waals surface area contributed by atoms with Crippen molar-refractivity contribution >= 4 is 21.8 Å². The van der Waals surface area contributed by atoms with E-state index in [1.54, 1.807) is 0 Å². The van der Waals surface area contributed by atoms with Gasteiger partial charge < -0.3 is 10.2 Å². The normalized spacial score (nSPS) is 18.9. The van der Waals surface area contributed by atoms with Crippen molar-refractivity contribution in [2.45, 2.75) is 49.8 Å². The molecule has 2 fully saturated rings. The van der Waals surface area contributed by atoms with Crippen LogP contribution in [0.15, 0.2) is 29.2 Å². The van der Waals surface area contributed by atoms with Gasteiger partial charge in [-0.05, 0) is 56.4 Å². The molecule has 0 radical (unpaired) electrons. The largest absolute Gasteiger partial charge is 0.356 e. The maximum Gasteiger partial charge on any atom is 0.243 e. The molecule has 3 rings (SSSR count). The van der Waals surface area contributed by atoms with Gasteiger partial charge in [0.15, 0.2) is 0 Å². The van der Waals surface area contributed by atoms with E-state index < -0.39 is 10.0 Å². The molecule has 2 aliphatic rings. The summed E-state index contributed by atoms with van der Waals surface area (Å²) in [6, 6.07) is 7.85. The highest BCUT2D eigenvalue weighted by atomic mass is 32.2. The van der Waals surface area contributed by atoms with Crippen LogP contribution < -0.4 is 5.32 Å². The topological polar surface area (TPSA) is 111 Å². The molecule has 1 aromatic rings. The molecule has 0 spiro atoms. The Morgan fingerprint density at radius 1 is 1.10 bits per heavy atom. The zero-order valence-corrected chi connectivity index (χ0v) is 18.6. The fourth-order valence-corrected chi connectivity index (χ4v) is 5.58. The molecule has 0 unspecified atom stereocenters. The maximum atomic E-state index is 12.8. The van der Waals surface area contributed by atoms with Gasteiger partial charge in [0.2, 0.25) is 21.8 Å². The predicted molar refractivity (Wildman–Crippen MR) is 115 cm³/mol. The van der Waals surface area contributed by atoms with E-state index in [1.807, 2.05) is 11.0 Å². The first kappa shape index (κ1) is 23.2. The van der Waals surface area contributed by atoms with Crippen LogP contribution in [-0.4, -0.2) is 62.2 Å². The van der Waals surface area contributed by atoms with Crippen molar-refractivity contribution in [2.75, 3.05) is 32.7 Å². The number of amides is 2. The number of hydrogen-bond acceptors (Lipinski definition) is 5.